The summed E-state index contributed by atoms with van der Waals surface area (Å²) >= 11 is 0. The molecule has 1 aromatic carbocycles. The van der Waals surface area contributed by atoms with E-state index in [1.54, 1.807) is 6.07 Å². The molecule has 0 radical (unpaired) electrons. The Bertz CT molecular complexity index is 527. The molecule has 21 heavy (non-hydrogen) atoms. The van der Waals surface area contributed by atoms with Gasteiger partial charge in [0.25, 0.3) is 5.91 Å². The van der Waals surface area contributed by atoms with E-state index in [-0.39, 0.29) is 11.1 Å². The van der Waals surface area contributed by atoms with Crippen molar-refractivity contribution < 1.29 is 24.2 Å². The number of carbonyl (C=O) groups excluding carboxylic acids is 2. The third-order valence-corrected chi connectivity index (χ3v) is 3.00. The summed E-state index contributed by atoms with van der Waals surface area (Å²) in [5, 5.41) is 11.5. The van der Waals surface area contributed by atoms with Gasteiger partial charge in [-0.25, -0.2) is 9.59 Å². The first-order valence-corrected chi connectivity index (χ1v) is 6.71. The summed E-state index contributed by atoms with van der Waals surface area (Å²) in [6.45, 7) is 1.95. The van der Waals surface area contributed by atoms with Crippen LogP contribution < -0.4 is 5.32 Å². The third-order valence-electron chi connectivity index (χ3n) is 3.00. The van der Waals surface area contributed by atoms with Gasteiger partial charge in [0.1, 0.15) is 6.04 Å². The Labute approximate surface area is 123 Å². The number of hydrogen-bond acceptors (Lipinski definition) is 4. The molecule has 0 aliphatic heterocycles. The molecule has 0 fully saturated rings. The number of ether oxygens (including phenoxy) is 1. The summed E-state index contributed by atoms with van der Waals surface area (Å²) in [6.07, 6.45) is 1.92. The molecule has 0 aliphatic carbocycles. The molecule has 114 valence electrons. The van der Waals surface area contributed by atoms with Gasteiger partial charge >= 0.3 is 11.9 Å². The molecular weight excluding hydrogens is 274 g/mol. The van der Waals surface area contributed by atoms with Gasteiger partial charge in [0.15, 0.2) is 0 Å². The van der Waals surface area contributed by atoms with Crippen LogP contribution in [0, 0.1) is 0 Å². The van der Waals surface area contributed by atoms with Crippen LogP contribution in [0.15, 0.2) is 24.3 Å². The second-order valence-corrected chi connectivity index (χ2v) is 4.58. The van der Waals surface area contributed by atoms with Crippen molar-refractivity contribution in [3.05, 3.63) is 35.4 Å². The summed E-state index contributed by atoms with van der Waals surface area (Å²) in [5.74, 6) is -2.14. The number of amides is 1. The van der Waals surface area contributed by atoms with Gasteiger partial charge in [-0.15, -0.1) is 0 Å². The molecule has 0 saturated carbocycles. The average molecular weight is 293 g/mol. The Morgan fingerprint density at radius 3 is 2.52 bits per heavy atom. The minimum absolute atomic E-state index is 0.223. The molecule has 0 aliphatic rings. The fraction of sp³-hybridized carbons (Fsp3) is 0.400. The highest BCUT2D eigenvalue weighted by Gasteiger charge is 2.20. The SMILES string of the molecule is CCCC[C@@H](NC(=O)c1cccc(C(=O)OC)c1)C(=O)O. The maximum atomic E-state index is 12.1. The number of carboxylic acids is 1. The van der Waals surface area contributed by atoms with Crippen LogP contribution in [-0.2, 0) is 9.53 Å². The molecule has 0 unspecified atom stereocenters. The van der Waals surface area contributed by atoms with Crippen LogP contribution in [0.1, 0.15) is 46.9 Å². The summed E-state index contributed by atoms with van der Waals surface area (Å²) in [7, 11) is 1.25. The smallest absolute Gasteiger partial charge is 0.337 e. The highest BCUT2D eigenvalue weighted by molar-refractivity contribution is 5.99. The van der Waals surface area contributed by atoms with E-state index in [2.05, 4.69) is 10.1 Å². The zero-order valence-electron chi connectivity index (χ0n) is 12.1. The molecule has 0 spiro atoms. The molecule has 0 saturated heterocycles. The number of rotatable bonds is 7. The molecule has 1 rings (SSSR count). The van der Waals surface area contributed by atoms with E-state index >= 15 is 0 Å². The van der Waals surface area contributed by atoms with Gasteiger partial charge in [0.2, 0.25) is 0 Å². The Morgan fingerprint density at radius 1 is 1.29 bits per heavy atom. The average Bonchev–Trinajstić information content (AvgIpc) is 2.50. The normalized spacial score (nSPS) is 11.5. The second kappa shape index (κ2) is 8.04. The van der Waals surface area contributed by atoms with Crippen molar-refractivity contribution in [3.63, 3.8) is 0 Å². The zero-order valence-corrected chi connectivity index (χ0v) is 12.1. The third kappa shape index (κ3) is 4.91. The van der Waals surface area contributed by atoms with Crippen LogP contribution in [0.4, 0.5) is 0 Å². The maximum absolute atomic E-state index is 12.1. The van der Waals surface area contributed by atoms with E-state index < -0.39 is 23.9 Å². The number of hydrogen-bond donors (Lipinski definition) is 2. The van der Waals surface area contributed by atoms with Crippen molar-refractivity contribution in [2.75, 3.05) is 7.11 Å². The number of esters is 1. The van der Waals surface area contributed by atoms with Crippen molar-refractivity contribution in [2.24, 2.45) is 0 Å². The molecular formula is C15H19NO5. The molecule has 6 heteroatoms. The van der Waals surface area contributed by atoms with Gasteiger partial charge in [0.05, 0.1) is 12.7 Å². The van der Waals surface area contributed by atoms with E-state index in [0.29, 0.717) is 12.8 Å². The van der Waals surface area contributed by atoms with E-state index in [4.69, 9.17) is 5.11 Å². The van der Waals surface area contributed by atoms with Gasteiger partial charge in [0, 0.05) is 5.56 Å². The lowest BCUT2D eigenvalue weighted by Gasteiger charge is -2.14. The quantitative estimate of drug-likeness (QED) is 0.748. The summed E-state index contributed by atoms with van der Waals surface area (Å²) in [6, 6.07) is 5.02. The van der Waals surface area contributed by atoms with E-state index in [9.17, 15) is 14.4 Å². The van der Waals surface area contributed by atoms with Crippen LogP contribution in [0.2, 0.25) is 0 Å². The predicted octanol–water partition coefficient (Wildman–Crippen LogP) is 1.85. The molecule has 0 bridgehead atoms. The molecule has 2 N–H and O–H groups in total. The number of nitrogens with one attached hydrogen (secondary N) is 1. The molecule has 0 heterocycles. The topological polar surface area (TPSA) is 92.7 Å². The highest BCUT2D eigenvalue weighted by Crippen LogP contribution is 2.08. The summed E-state index contributed by atoms with van der Waals surface area (Å²) < 4.78 is 4.58. The number of carboxylic acid groups (broad SMARTS) is 1. The monoisotopic (exact) mass is 293 g/mol. The molecule has 1 atom stereocenters. The van der Waals surface area contributed by atoms with Crippen molar-refractivity contribution in [3.8, 4) is 0 Å². The van der Waals surface area contributed by atoms with Crippen molar-refractivity contribution in [1.29, 1.82) is 0 Å². The van der Waals surface area contributed by atoms with Crippen LogP contribution in [0.5, 0.6) is 0 Å². The predicted molar refractivity (Wildman–Crippen MR) is 76.2 cm³/mol. The zero-order chi connectivity index (χ0) is 15.8. The van der Waals surface area contributed by atoms with Crippen LogP contribution in [0.3, 0.4) is 0 Å². The lowest BCUT2D eigenvalue weighted by Crippen LogP contribution is -2.40. The van der Waals surface area contributed by atoms with Gasteiger partial charge in [-0.3, -0.25) is 4.79 Å². The van der Waals surface area contributed by atoms with E-state index in [1.807, 2.05) is 6.92 Å². The van der Waals surface area contributed by atoms with Crippen molar-refractivity contribution >= 4 is 17.8 Å². The van der Waals surface area contributed by atoms with Crippen LogP contribution in [-0.4, -0.2) is 36.1 Å². The van der Waals surface area contributed by atoms with E-state index in [1.165, 1.54) is 25.3 Å². The van der Waals surface area contributed by atoms with Gasteiger partial charge in [-0.1, -0.05) is 25.8 Å². The minimum Gasteiger partial charge on any atom is -0.480 e. The lowest BCUT2D eigenvalue weighted by molar-refractivity contribution is -0.139. The Morgan fingerprint density at radius 2 is 1.95 bits per heavy atom. The minimum atomic E-state index is -1.07. The Balaban J connectivity index is 2.82. The van der Waals surface area contributed by atoms with Gasteiger partial charge in [-0.05, 0) is 24.6 Å². The first kappa shape index (κ1) is 16.7. The fourth-order valence-corrected chi connectivity index (χ4v) is 1.81. The molecule has 6 nitrogen and oxygen atoms in total. The largest absolute Gasteiger partial charge is 0.480 e. The Kier molecular flexibility index (Phi) is 6.39. The van der Waals surface area contributed by atoms with Crippen molar-refractivity contribution in [1.82, 2.24) is 5.32 Å². The summed E-state index contributed by atoms with van der Waals surface area (Å²) in [4.78, 5) is 34.6. The van der Waals surface area contributed by atoms with Gasteiger partial charge < -0.3 is 15.2 Å². The maximum Gasteiger partial charge on any atom is 0.337 e. The molecule has 0 aromatic heterocycles. The number of aliphatic carboxylic acids is 1. The lowest BCUT2D eigenvalue weighted by atomic mass is 10.1. The Hall–Kier alpha value is -2.37. The van der Waals surface area contributed by atoms with Crippen LogP contribution >= 0.6 is 0 Å². The standard InChI is InChI=1S/C15H19NO5/c1-3-4-8-12(14(18)19)16-13(17)10-6-5-7-11(9-10)15(20)21-2/h5-7,9,12H,3-4,8H2,1-2H3,(H,16,17)(H,18,19)/t12-/m1/s1. The summed E-state index contributed by atoms with van der Waals surface area (Å²) in [5.41, 5.74) is 0.464. The number of carbonyl (C=O) groups is 3. The van der Waals surface area contributed by atoms with E-state index in [0.717, 1.165) is 6.42 Å². The highest BCUT2D eigenvalue weighted by atomic mass is 16.5. The van der Waals surface area contributed by atoms with Gasteiger partial charge in [-0.2, -0.15) is 0 Å². The van der Waals surface area contributed by atoms with Crippen LogP contribution in [0.25, 0.3) is 0 Å². The number of unbranched alkanes of at least 4 members (excludes halogenated alkanes) is 1. The number of benzene rings is 1. The molecule has 1 aromatic rings. The molecule has 1 amide bonds. The first-order valence-electron chi connectivity index (χ1n) is 6.71. The fourth-order valence-electron chi connectivity index (χ4n) is 1.81. The second-order valence-electron chi connectivity index (χ2n) is 4.58. The number of methoxy groups -OCH3 is 1. The van der Waals surface area contributed by atoms with Crippen molar-refractivity contribution in [2.45, 2.75) is 32.2 Å². The first-order chi connectivity index (χ1) is 9.99.